The van der Waals surface area contributed by atoms with Gasteiger partial charge >= 0.3 is 0 Å². The molecule has 0 bridgehead atoms. The van der Waals surface area contributed by atoms with E-state index in [0.29, 0.717) is 0 Å². The fourth-order valence-corrected chi connectivity index (χ4v) is 9.14. The fraction of sp³-hybridized carbons (Fsp3) is 0. The van der Waals surface area contributed by atoms with Gasteiger partial charge in [-0.15, -0.1) is 0 Å². The van der Waals surface area contributed by atoms with Crippen LogP contribution in [0.1, 0.15) is 0 Å². The molecule has 0 amide bonds. The maximum atomic E-state index is 6.60. The number of ether oxygens (including phenoxy) is 2. The molecule has 0 aliphatic carbocycles. The van der Waals surface area contributed by atoms with Crippen LogP contribution in [0.4, 0.5) is 0 Å². The number of benzene rings is 3. The molecule has 7 rings (SSSR count). The summed E-state index contributed by atoms with van der Waals surface area (Å²) in [4.78, 5) is 9.00. The summed E-state index contributed by atoms with van der Waals surface area (Å²) in [6, 6.07) is 27.8. The molecule has 6 heteroatoms. The Balaban J connectivity index is 1.45. The number of hydrogen-bond donors (Lipinski definition) is 0. The van der Waals surface area contributed by atoms with E-state index in [0.717, 1.165) is 61.4 Å². The molecule has 0 fully saturated rings. The third-order valence-electron chi connectivity index (χ3n) is 6.24. The SMILES string of the molecule is S=P12c3ccc(-c4ccccn4)cc3Oc3cccc(c31)Oc1cc(-c3ccccn3)ccc12. The largest absolute Gasteiger partial charge is 0.456 e. The van der Waals surface area contributed by atoms with Gasteiger partial charge in [-0.1, -0.05) is 42.1 Å². The lowest BCUT2D eigenvalue weighted by Gasteiger charge is -2.37. The van der Waals surface area contributed by atoms with Crippen LogP contribution in [-0.2, 0) is 11.8 Å². The average Bonchev–Trinajstić information content (AvgIpc) is 2.89. The minimum Gasteiger partial charge on any atom is -0.456 e. The molecule has 0 N–H and O–H groups in total. The minimum atomic E-state index is -2.40. The molecule has 0 radical (unpaired) electrons. The highest BCUT2D eigenvalue weighted by molar-refractivity contribution is 8.26. The molecule has 3 aromatic carbocycles. The van der Waals surface area contributed by atoms with Crippen LogP contribution in [0.15, 0.2) is 103 Å². The predicted molar refractivity (Wildman–Crippen MR) is 139 cm³/mol. The number of fused-ring (bicyclic) bond motifs is 4. The van der Waals surface area contributed by atoms with Crippen LogP contribution in [0.25, 0.3) is 22.5 Å². The standard InChI is InChI=1S/C28H17N2O2PS/c34-33-26-12-10-18(20-6-1-3-14-29-20)16-24(26)31-22-8-5-9-23(28(22)33)32-25-17-19(11-13-27(25)33)21-7-2-4-15-30-21/h1-17H. The molecule has 0 atom stereocenters. The number of aromatic nitrogens is 2. The van der Waals surface area contributed by atoms with Gasteiger partial charge in [0.05, 0.1) is 22.7 Å². The van der Waals surface area contributed by atoms with Crippen molar-refractivity contribution in [3.05, 3.63) is 103 Å². The van der Waals surface area contributed by atoms with Crippen LogP contribution in [0.5, 0.6) is 23.0 Å². The van der Waals surface area contributed by atoms with Gasteiger partial charge in [0.2, 0.25) is 0 Å². The van der Waals surface area contributed by atoms with E-state index < -0.39 is 6.04 Å². The summed E-state index contributed by atoms with van der Waals surface area (Å²) in [6.07, 6.45) is 3.60. The first kappa shape index (κ1) is 19.7. The lowest BCUT2D eigenvalue weighted by Crippen LogP contribution is -2.34. The molecular formula is C28H17N2O2PS. The molecule has 4 heterocycles. The predicted octanol–water partition coefficient (Wildman–Crippen LogP) is 5.78. The highest BCUT2D eigenvalue weighted by Crippen LogP contribution is 2.58. The zero-order valence-electron chi connectivity index (χ0n) is 17.9. The summed E-state index contributed by atoms with van der Waals surface area (Å²) in [5.74, 6) is 3.12. The van der Waals surface area contributed by atoms with Gasteiger partial charge in [-0.25, -0.2) is 0 Å². The Bertz CT molecular complexity index is 1520. The van der Waals surface area contributed by atoms with Gasteiger partial charge in [0.15, 0.2) is 0 Å². The van der Waals surface area contributed by atoms with Gasteiger partial charge in [-0.3, -0.25) is 9.97 Å². The van der Waals surface area contributed by atoms with Gasteiger partial charge in [0.1, 0.15) is 23.0 Å². The lowest BCUT2D eigenvalue weighted by atomic mass is 10.1. The third-order valence-corrected chi connectivity index (χ3v) is 11.1. The van der Waals surface area contributed by atoms with E-state index in [-0.39, 0.29) is 0 Å². The van der Waals surface area contributed by atoms with Crippen LogP contribution in [0.3, 0.4) is 0 Å². The summed E-state index contributed by atoms with van der Waals surface area (Å²) >= 11 is 6.60. The van der Waals surface area contributed by atoms with Crippen LogP contribution in [-0.4, -0.2) is 9.97 Å². The maximum absolute atomic E-state index is 6.60. The molecule has 2 aliphatic heterocycles. The fourth-order valence-electron chi connectivity index (χ4n) is 4.68. The van der Waals surface area contributed by atoms with Crippen LogP contribution in [0, 0.1) is 0 Å². The monoisotopic (exact) mass is 476 g/mol. The molecule has 2 aliphatic rings. The van der Waals surface area contributed by atoms with Crippen molar-refractivity contribution in [2.45, 2.75) is 0 Å². The molecule has 34 heavy (non-hydrogen) atoms. The topological polar surface area (TPSA) is 44.2 Å². The van der Waals surface area contributed by atoms with Crippen molar-refractivity contribution >= 4 is 33.8 Å². The second-order valence-corrected chi connectivity index (χ2v) is 12.5. The van der Waals surface area contributed by atoms with Crippen molar-refractivity contribution in [1.29, 1.82) is 0 Å². The number of pyridine rings is 2. The Morgan fingerprint density at radius 1 is 0.559 bits per heavy atom. The molecule has 0 saturated heterocycles. The van der Waals surface area contributed by atoms with E-state index in [9.17, 15) is 0 Å². The highest BCUT2D eigenvalue weighted by Gasteiger charge is 2.42. The van der Waals surface area contributed by atoms with Gasteiger partial charge in [-0.2, -0.15) is 0 Å². The summed E-state index contributed by atoms with van der Waals surface area (Å²) in [5, 5.41) is 3.07. The van der Waals surface area contributed by atoms with Crippen molar-refractivity contribution in [3.8, 4) is 45.5 Å². The van der Waals surface area contributed by atoms with Crippen molar-refractivity contribution in [3.63, 3.8) is 0 Å². The van der Waals surface area contributed by atoms with E-state index in [1.807, 2.05) is 54.6 Å². The molecule has 0 spiro atoms. The summed E-state index contributed by atoms with van der Waals surface area (Å²) in [6.45, 7) is 0. The second kappa shape index (κ2) is 7.36. The van der Waals surface area contributed by atoms with E-state index in [1.165, 1.54) is 0 Å². The van der Waals surface area contributed by atoms with E-state index in [2.05, 4.69) is 46.4 Å². The highest BCUT2D eigenvalue weighted by atomic mass is 32.4. The molecule has 2 aromatic heterocycles. The Hall–Kier alpha value is -3.79. The van der Waals surface area contributed by atoms with Crippen molar-refractivity contribution in [2.75, 3.05) is 0 Å². The second-order valence-electron chi connectivity index (χ2n) is 8.21. The van der Waals surface area contributed by atoms with Crippen LogP contribution >= 0.6 is 6.04 Å². The Morgan fingerprint density at radius 3 is 1.56 bits per heavy atom. The first-order valence-electron chi connectivity index (χ1n) is 10.9. The summed E-state index contributed by atoms with van der Waals surface area (Å²) < 4.78 is 12.8. The van der Waals surface area contributed by atoms with Gasteiger partial charge in [-0.05, 0) is 60.7 Å². The van der Waals surface area contributed by atoms with Gasteiger partial charge in [0, 0.05) is 34.1 Å². The average molecular weight is 476 g/mol. The lowest BCUT2D eigenvalue weighted by molar-refractivity contribution is 0.466. The zero-order valence-corrected chi connectivity index (χ0v) is 19.6. The van der Waals surface area contributed by atoms with E-state index >= 15 is 0 Å². The minimum absolute atomic E-state index is 0.769. The Morgan fingerprint density at radius 2 is 1.09 bits per heavy atom. The Kier molecular flexibility index (Phi) is 4.25. The molecular weight excluding hydrogens is 459 g/mol. The van der Waals surface area contributed by atoms with Crippen LogP contribution in [0.2, 0.25) is 0 Å². The smallest absolute Gasteiger partial charge is 0.140 e. The normalized spacial score (nSPS) is 14.1. The van der Waals surface area contributed by atoms with E-state index in [4.69, 9.17) is 21.3 Å². The summed E-state index contributed by atoms with van der Waals surface area (Å²) in [7, 11) is 0. The number of nitrogens with zero attached hydrogens (tertiary/aromatic N) is 2. The number of hydrogen-bond acceptors (Lipinski definition) is 5. The molecule has 0 saturated carbocycles. The maximum Gasteiger partial charge on any atom is 0.140 e. The van der Waals surface area contributed by atoms with Crippen molar-refractivity contribution < 1.29 is 9.47 Å². The van der Waals surface area contributed by atoms with E-state index in [1.54, 1.807) is 12.4 Å². The molecule has 0 unspecified atom stereocenters. The molecule has 4 nitrogen and oxygen atoms in total. The molecule has 162 valence electrons. The van der Waals surface area contributed by atoms with Crippen LogP contribution < -0.4 is 25.4 Å². The molecule has 5 aromatic rings. The van der Waals surface area contributed by atoms with Crippen molar-refractivity contribution in [1.82, 2.24) is 9.97 Å². The number of rotatable bonds is 2. The van der Waals surface area contributed by atoms with Crippen molar-refractivity contribution in [2.24, 2.45) is 0 Å². The third kappa shape index (κ3) is 2.81. The summed E-state index contributed by atoms with van der Waals surface area (Å²) in [5.41, 5.74) is 3.80. The Labute approximate surface area is 201 Å². The quantitative estimate of drug-likeness (QED) is 0.296. The van der Waals surface area contributed by atoms with Gasteiger partial charge < -0.3 is 9.47 Å². The zero-order chi connectivity index (χ0) is 22.7. The van der Waals surface area contributed by atoms with Gasteiger partial charge in [0.25, 0.3) is 0 Å². The first-order chi connectivity index (χ1) is 16.7. The first-order valence-corrected chi connectivity index (χ1v) is 13.7.